The summed E-state index contributed by atoms with van der Waals surface area (Å²) in [5.74, 6) is 0.0225. The van der Waals surface area contributed by atoms with E-state index < -0.39 is 0 Å². The Hall–Kier alpha value is -1.68. The first-order valence-corrected chi connectivity index (χ1v) is 6.62. The lowest BCUT2D eigenvalue weighted by atomic mass is 10.3. The third-order valence-corrected chi connectivity index (χ3v) is 3.52. The van der Waals surface area contributed by atoms with Gasteiger partial charge in [-0.2, -0.15) is 0 Å². The van der Waals surface area contributed by atoms with Gasteiger partial charge in [0.2, 0.25) is 5.91 Å². The highest BCUT2D eigenvalue weighted by Gasteiger charge is 2.09. The van der Waals surface area contributed by atoms with Crippen LogP contribution in [0.25, 0.3) is 10.2 Å². The number of para-hydroxylation sites is 1. The molecule has 4 heteroatoms. The van der Waals surface area contributed by atoms with Crippen LogP contribution >= 0.6 is 11.3 Å². The summed E-state index contributed by atoms with van der Waals surface area (Å²) in [7, 11) is 1.80. The van der Waals surface area contributed by atoms with Crippen LogP contribution in [0.2, 0.25) is 0 Å². The van der Waals surface area contributed by atoms with E-state index in [1.807, 2.05) is 32.0 Å². The Morgan fingerprint density at radius 2 is 2.11 bits per heavy atom. The molecule has 0 aliphatic carbocycles. The molecule has 0 unspecified atom stereocenters. The van der Waals surface area contributed by atoms with Crippen molar-refractivity contribution < 1.29 is 4.79 Å². The number of carbonyl (C=O) groups is 1. The minimum absolute atomic E-state index is 0.0225. The fraction of sp³-hybridized carbons (Fsp3) is 0.286. The van der Waals surface area contributed by atoms with Gasteiger partial charge in [-0.15, -0.1) is 11.3 Å². The van der Waals surface area contributed by atoms with Gasteiger partial charge in [-0.3, -0.25) is 4.79 Å². The van der Waals surface area contributed by atoms with Crippen LogP contribution in [0.5, 0.6) is 0 Å². The Balaban J connectivity index is 2.14. The predicted molar refractivity (Wildman–Crippen MR) is 75.5 cm³/mol. The summed E-state index contributed by atoms with van der Waals surface area (Å²) in [4.78, 5) is 18.0. The molecule has 1 amide bonds. The predicted octanol–water partition coefficient (Wildman–Crippen LogP) is 3.22. The van der Waals surface area contributed by atoms with Crippen LogP contribution < -0.4 is 0 Å². The summed E-state index contributed by atoms with van der Waals surface area (Å²) < 4.78 is 1.16. The third kappa shape index (κ3) is 2.96. The molecule has 0 aliphatic rings. The van der Waals surface area contributed by atoms with Crippen LogP contribution in [0.3, 0.4) is 0 Å². The number of fused-ring (bicyclic) bond motifs is 1. The number of carbonyl (C=O) groups excluding carboxylic acids is 1. The SMILES string of the molecule is CC(C)=CC(=O)N(C)Cc1nc2ccccc2s1. The highest BCUT2D eigenvalue weighted by atomic mass is 32.1. The molecule has 94 valence electrons. The van der Waals surface area contributed by atoms with E-state index in [1.54, 1.807) is 29.4 Å². The molecule has 0 radical (unpaired) electrons. The van der Waals surface area contributed by atoms with Gasteiger partial charge in [0.15, 0.2) is 0 Å². The number of aromatic nitrogens is 1. The van der Waals surface area contributed by atoms with Crippen molar-refractivity contribution in [2.24, 2.45) is 0 Å². The maximum atomic E-state index is 11.8. The molecule has 0 aliphatic heterocycles. The molecule has 0 fully saturated rings. The highest BCUT2D eigenvalue weighted by Crippen LogP contribution is 2.22. The number of benzene rings is 1. The monoisotopic (exact) mass is 260 g/mol. The fourth-order valence-corrected chi connectivity index (χ4v) is 2.65. The van der Waals surface area contributed by atoms with Gasteiger partial charge in [0.25, 0.3) is 0 Å². The zero-order chi connectivity index (χ0) is 13.1. The van der Waals surface area contributed by atoms with Crippen LogP contribution in [0, 0.1) is 0 Å². The number of rotatable bonds is 3. The quantitative estimate of drug-likeness (QED) is 0.794. The molecule has 0 atom stereocenters. The summed E-state index contributed by atoms with van der Waals surface area (Å²) >= 11 is 1.64. The molecule has 2 rings (SSSR count). The number of hydrogen-bond acceptors (Lipinski definition) is 3. The zero-order valence-corrected chi connectivity index (χ0v) is 11.6. The minimum atomic E-state index is 0.0225. The van der Waals surface area contributed by atoms with E-state index >= 15 is 0 Å². The zero-order valence-electron chi connectivity index (χ0n) is 10.8. The third-order valence-electron chi connectivity index (χ3n) is 2.50. The summed E-state index contributed by atoms with van der Waals surface area (Å²) in [5, 5.41) is 0.967. The Morgan fingerprint density at radius 1 is 1.39 bits per heavy atom. The second-order valence-electron chi connectivity index (χ2n) is 4.49. The molecule has 0 saturated heterocycles. The topological polar surface area (TPSA) is 33.2 Å². The number of hydrogen-bond donors (Lipinski definition) is 0. The van der Waals surface area contributed by atoms with Gasteiger partial charge < -0.3 is 4.90 Å². The average molecular weight is 260 g/mol. The van der Waals surface area contributed by atoms with Gasteiger partial charge in [-0.1, -0.05) is 17.7 Å². The molecule has 0 N–H and O–H groups in total. The molecule has 0 bridgehead atoms. The van der Waals surface area contributed by atoms with E-state index in [2.05, 4.69) is 11.1 Å². The van der Waals surface area contributed by atoms with E-state index in [9.17, 15) is 4.79 Å². The molecular formula is C14H16N2OS. The van der Waals surface area contributed by atoms with Gasteiger partial charge in [0.1, 0.15) is 5.01 Å². The number of allylic oxidation sites excluding steroid dienone is 1. The van der Waals surface area contributed by atoms with Crippen molar-refractivity contribution in [3.05, 3.63) is 40.9 Å². The van der Waals surface area contributed by atoms with Gasteiger partial charge in [-0.05, 0) is 26.0 Å². The van der Waals surface area contributed by atoms with Crippen molar-refractivity contribution in [2.75, 3.05) is 7.05 Å². The molecular weight excluding hydrogens is 244 g/mol. The summed E-state index contributed by atoms with van der Waals surface area (Å²) in [5.41, 5.74) is 2.01. The summed E-state index contributed by atoms with van der Waals surface area (Å²) in [6.07, 6.45) is 1.65. The molecule has 2 aromatic rings. The van der Waals surface area contributed by atoms with Crippen LogP contribution in [0.1, 0.15) is 18.9 Å². The first kappa shape index (κ1) is 12.8. The smallest absolute Gasteiger partial charge is 0.246 e. The first-order chi connectivity index (χ1) is 8.56. The van der Waals surface area contributed by atoms with Crippen molar-refractivity contribution in [3.63, 3.8) is 0 Å². The maximum Gasteiger partial charge on any atom is 0.246 e. The maximum absolute atomic E-state index is 11.8. The Labute approximate surface area is 111 Å². The largest absolute Gasteiger partial charge is 0.335 e. The van der Waals surface area contributed by atoms with E-state index in [1.165, 1.54) is 0 Å². The molecule has 0 spiro atoms. The summed E-state index contributed by atoms with van der Waals surface area (Å²) in [6, 6.07) is 8.02. The van der Waals surface area contributed by atoms with E-state index in [-0.39, 0.29) is 5.91 Å². The van der Waals surface area contributed by atoms with E-state index in [0.29, 0.717) is 6.54 Å². The standard InChI is InChI=1S/C14H16N2OS/c1-10(2)8-14(17)16(3)9-13-15-11-6-4-5-7-12(11)18-13/h4-8H,9H2,1-3H3. The van der Waals surface area contributed by atoms with Gasteiger partial charge in [0, 0.05) is 13.1 Å². The van der Waals surface area contributed by atoms with Crippen molar-refractivity contribution in [1.82, 2.24) is 9.88 Å². The molecule has 1 heterocycles. The second kappa shape index (κ2) is 5.31. The normalized spacial score (nSPS) is 10.4. The average Bonchev–Trinajstić information content (AvgIpc) is 2.69. The second-order valence-corrected chi connectivity index (χ2v) is 5.61. The number of nitrogens with zero attached hydrogens (tertiary/aromatic N) is 2. The van der Waals surface area contributed by atoms with Gasteiger partial charge in [0.05, 0.1) is 16.8 Å². The Kier molecular flexibility index (Phi) is 3.77. The Bertz CT molecular complexity index is 564. The van der Waals surface area contributed by atoms with Crippen LogP contribution in [-0.4, -0.2) is 22.8 Å². The lowest BCUT2D eigenvalue weighted by Gasteiger charge is -2.13. The lowest BCUT2D eigenvalue weighted by molar-refractivity contribution is -0.125. The molecule has 0 saturated carbocycles. The number of thiazole rings is 1. The van der Waals surface area contributed by atoms with Gasteiger partial charge >= 0.3 is 0 Å². The molecule has 1 aromatic carbocycles. The van der Waals surface area contributed by atoms with Crippen LogP contribution in [0.4, 0.5) is 0 Å². The van der Waals surface area contributed by atoms with Crippen LogP contribution in [-0.2, 0) is 11.3 Å². The first-order valence-electron chi connectivity index (χ1n) is 5.80. The summed E-state index contributed by atoms with van der Waals surface area (Å²) in [6.45, 7) is 4.40. The van der Waals surface area contributed by atoms with Crippen molar-refractivity contribution in [3.8, 4) is 0 Å². The molecule has 3 nitrogen and oxygen atoms in total. The molecule has 18 heavy (non-hydrogen) atoms. The number of likely N-dealkylation sites (N-methyl/N-ethyl adjacent to an activating group) is 1. The minimum Gasteiger partial charge on any atom is -0.335 e. The van der Waals surface area contributed by atoms with E-state index in [0.717, 1.165) is 20.8 Å². The highest BCUT2D eigenvalue weighted by molar-refractivity contribution is 7.18. The van der Waals surface area contributed by atoms with Gasteiger partial charge in [-0.25, -0.2) is 4.98 Å². The van der Waals surface area contributed by atoms with Crippen LogP contribution in [0.15, 0.2) is 35.9 Å². The van der Waals surface area contributed by atoms with E-state index in [4.69, 9.17) is 0 Å². The fourth-order valence-electron chi connectivity index (χ4n) is 1.63. The lowest BCUT2D eigenvalue weighted by Crippen LogP contribution is -2.24. The van der Waals surface area contributed by atoms with Crippen molar-refractivity contribution >= 4 is 27.5 Å². The Morgan fingerprint density at radius 3 is 2.78 bits per heavy atom. The van der Waals surface area contributed by atoms with Crippen molar-refractivity contribution in [1.29, 1.82) is 0 Å². The number of amides is 1. The van der Waals surface area contributed by atoms with Crippen molar-refractivity contribution in [2.45, 2.75) is 20.4 Å². The molecule has 1 aromatic heterocycles.